The molecular weight excluding hydrogens is 214 g/mol. The predicted octanol–water partition coefficient (Wildman–Crippen LogP) is 1.49. The minimum absolute atomic E-state index is 0.525. The van der Waals surface area contributed by atoms with E-state index in [9.17, 15) is 20.2 Å². The first-order valence-electron chi connectivity index (χ1n) is 4.36. The van der Waals surface area contributed by atoms with E-state index in [1.54, 1.807) is 30.3 Å². The molecule has 0 spiro atoms. The number of anilines is 1. The molecule has 0 aliphatic heterocycles. The topological polar surface area (TPSA) is 98.3 Å². The molecule has 1 N–H and O–H groups in total. The molecule has 0 aliphatic carbocycles. The van der Waals surface area contributed by atoms with Crippen molar-refractivity contribution >= 4 is 5.69 Å². The van der Waals surface area contributed by atoms with Gasteiger partial charge in [-0.1, -0.05) is 18.2 Å². The number of nitro groups is 2. The normalized spacial score (nSPS) is 12.2. The Bertz CT molecular complexity index is 404. The predicted molar refractivity (Wildman–Crippen MR) is 57.0 cm³/mol. The average Bonchev–Trinajstić information content (AvgIpc) is 2.25. The molecule has 0 aliphatic rings. The molecule has 0 aromatic heterocycles. The highest BCUT2D eigenvalue weighted by atomic mass is 16.6. The zero-order valence-corrected chi connectivity index (χ0v) is 8.15. The first-order valence-corrected chi connectivity index (χ1v) is 4.36. The van der Waals surface area contributed by atoms with Crippen LogP contribution in [0, 0.1) is 20.2 Å². The van der Waals surface area contributed by atoms with Crippen LogP contribution in [0.5, 0.6) is 0 Å². The molecule has 84 valence electrons. The molecule has 0 heterocycles. The van der Waals surface area contributed by atoms with Crippen LogP contribution in [0.4, 0.5) is 5.69 Å². The third-order valence-corrected chi connectivity index (χ3v) is 1.71. The van der Waals surface area contributed by atoms with E-state index in [2.05, 4.69) is 5.32 Å². The highest BCUT2D eigenvalue weighted by molar-refractivity contribution is 5.43. The highest BCUT2D eigenvalue weighted by Gasteiger charge is 2.16. The second-order valence-electron chi connectivity index (χ2n) is 2.87. The number of benzene rings is 1. The lowest BCUT2D eigenvalue weighted by atomic mass is 10.3. The fourth-order valence-corrected chi connectivity index (χ4v) is 1.03. The molecule has 0 radical (unpaired) electrons. The maximum Gasteiger partial charge on any atom is 0.310 e. The van der Waals surface area contributed by atoms with Crippen molar-refractivity contribution in [1.29, 1.82) is 0 Å². The summed E-state index contributed by atoms with van der Waals surface area (Å²) in [6.07, 6.45) is 0.115. The monoisotopic (exact) mass is 223 g/mol. The van der Waals surface area contributed by atoms with Gasteiger partial charge in [0, 0.05) is 10.6 Å². The van der Waals surface area contributed by atoms with Crippen molar-refractivity contribution in [3.63, 3.8) is 0 Å². The van der Waals surface area contributed by atoms with Crippen LogP contribution in [0.1, 0.15) is 0 Å². The minimum Gasteiger partial charge on any atom is -0.320 e. The van der Waals surface area contributed by atoms with Crippen LogP contribution >= 0.6 is 0 Å². The molecule has 0 bridgehead atoms. The van der Waals surface area contributed by atoms with E-state index in [0.717, 1.165) is 6.08 Å². The van der Waals surface area contributed by atoms with Gasteiger partial charge in [-0.2, -0.15) is 0 Å². The summed E-state index contributed by atoms with van der Waals surface area (Å²) in [4.78, 5) is 19.2. The van der Waals surface area contributed by atoms with Crippen LogP contribution in [0.25, 0.3) is 0 Å². The molecule has 1 atom stereocenters. The van der Waals surface area contributed by atoms with Crippen molar-refractivity contribution in [3.05, 3.63) is 62.8 Å². The molecular formula is C9H9N3O4. The fraction of sp³-hybridized carbons (Fsp3) is 0.111. The van der Waals surface area contributed by atoms with Crippen molar-refractivity contribution in [1.82, 2.24) is 0 Å². The summed E-state index contributed by atoms with van der Waals surface area (Å²) in [5, 5.41) is 23.2. The van der Waals surface area contributed by atoms with E-state index >= 15 is 0 Å². The van der Waals surface area contributed by atoms with Gasteiger partial charge in [-0.25, -0.2) is 0 Å². The van der Waals surface area contributed by atoms with E-state index in [0.29, 0.717) is 11.9 Å². The Kier molecular flexibility index (Phi) is 3.96. The molecule has 7 nitrogen and oxygen atoms in total. The third kappa shape index (κ3) is 3.74. The summed E-state index contributed by atoms with van der Waals surface area (Å²) in [7, 11) is 0. The lowest BCUT2D eigenvalue weighted by molar-refractivity contribution is -0.503. The van der Waals surface area contributed by atoms with Gasteiger partial charge in [-0.3, -0.25) is 20.2 Å². The van der Waals surface area contributed by atoms with E-state index in [1.807, 2.05) is 0 Å². The number of rotatable bonds is 5. The number of hydrogen-bond acceptors (Lipinski definition) is 5. The summed E-state index contributed by atoms with van der Waals surface area (Å²) in [6.45, 7) is 0. The second-order valence-corrected chi connectivity index (χ2v) is 2.87. The maximum absolute atomic E-state index is 10.6. The lowest BCUT2D eigenvalue weighted by Gasteiger charge is -2.07. The Morgan fingerprint density at radius 3 is 2.31 bits per heavy atom. The average molecular weight is 223 g/mol. The Morgan fingerprint density at radius 1 is 1.19 bits per heavy atom. The van der Waals surface area contributed by atoms with Crippen LogP contribution < -0.4 is 5.32 Å². The summed E-state index contributed by atoms with van der Waals surface area (Å²) >= 11 is 0. The van der Waals surface area contributed by atoms with Crippen molar-refractivity contribution in [2.24, 2.45) is 0 Å². The SMILES string of the molecule is O=[N+]([O-])C=CC(Nc1ccccc1)[N+](=O)[O-]. The number of nitrogens with zero attached hydrogens (tertiary/aromatic N) is 2. The van der Waals surface area contributed by atoms with Gasteiger partial charge >= 0.3 is 6.17 Å². The Balaban J connectivity index is 2.73. The van der Waals surface area contributed by atoms with Gasteiger partial charge in [0.1, 0.15) is 0 Å². The Hall–Kier alpha value is -2.44. The summed E-state index contributed by atoms with van der Waals surface area (Å²) in [6, 6.07) is 8.44. The molecule has 0 fully saturated rings. The lowest BCUT2D eigenvalue weighted by Crippen LogP contribution is -2.26. The van der Waals surface area contributed by atoms with Crippen LogP contribution in [-0.2, 0) is 0 Å². The molecule has 16 heavy (non-hydrogen) atoms. The summed E-state index contributed by atoms with van der Waals surface area (Å²) in [5.41, 5.74) is 0.525. The van der Waals surface area contributed by atoms with E-state index in [1.165, 1.54) is 0 Å². The Morgan fingerprint density at radius 2 is 1.81 bits per heavy atom. The van der Waals surface area contributed by atoms with Crippen molar-refractivity contribution in [3.8, 4) is 0 Å². The van der Waals surface area contributed by atoms with Gasteiger partial charge in [0.05, 0.1) is 11.0 Å². The molecule has 1 aromatic carbocycles. The van der Waals surface area contributed by atoms with Crippen molar-refractivity contribution in [2.75, 3.05) is 5.32 Å². The van der Waals surface area contributed by atoms with E-state index in [4.69, 9.17) is 0 Å². The maximum atomic E-state index is 10.6. The highest BCUT2D eigenvalue weighted by Crippen LogP contribution is 2.07. The van der Waals surface area contributed by atoms with Gasteiger partial charge in [-0.15, -0.1) is 0 Å². The van der Waals surface area contributed by atoms with Crippen LogP contribution in [-0.4, -0.2) is 16.0 Å². The Labute approximate surface area is 90.7 Å². The van der Waals surface area contributed by atoms with Gasteiger partial charge in [0.2, 0.25) is 6.20 Å². The second kappa shape index (κ2) is 5.44. The first-order chi connectivity index (χ1) is 7.59. The van der Waals surface area contributed by atoms with Gasteiger partial charge in [0.15, 0.2) is 0 Å². The molecule has 7 heteroatoms. The standard InChI is InChI=1S/C9H9N3O4/c13-11(14)7-6-9(12(15)16)10-8-4-2-1-3-5-8/h1-7,9-10H. The molecule has 1 unspecified atom stereocenters. The molecule has 0 saturated carbocycles. The molecule has 0 amide bonds. The van der Waals surface area contributed by atoms with Gasteiger partial charge < -0.3 is 5.32 Å². The number of hydrogen-bond donors (Lipinski definition) is 1. The van der Waals surface area contributed by atoms with E-state index in [-0.39, 0.29) is 0 Å². The quantitative estimate of drug-likeness (QED) is 0.463. The number of para-hydroxylation sites is 1. The zero-order chi connectivity index (χ0) is 12.0. The molecule has 0 saturated heterocycles. The summed E-state index contributed by atoms with van der Waals surface area (Å²) in [5.74, 6) is 0. The van der Waals surface area contributed by atoms with Crippen molar-refractivity contribution < 1.29 is 9.85 Å². The zero-order valence-electron chi connectivity index (χ0n) is 8.15. The molecule has 1 aromatic rings. The smallest absolute Gasteiger partial charge is 0.310 e. The first kappa shape index (κ1) is 11.6. The van der Waals surface area contributed by atoms with Crippen molar-refractivity contribution in [2.45, 2.75) is 6.17 Å². The third-order valence-electron chi connectivity index (χ3n) is 1.71. The summed E-state index contributed by atoms with van der Waals surface area (Å²) < 4.78 is 0. The van der Waals surface area contributed by atoms with Gasteiger partial charge in [-0.05, 0) is 12.1 Å². The minimum atomic E-state index is -1.31. The van der Waals surface area contributed by atoms with Gasteiger partial charge in [0.25, 0.3) is 0 Å². The van der Waals surface area contributed by atoms with Crippen LogP contribution in [0.2, 0.25) is 0 Å². The fourth-order valence-electron chi connectivity index (χ4n) is 1.03. The molecule has 1 rings (SSSR count). The van der Waals surface area contributed by atoms with E-state index < -0.39 is 16.0 Å². The van der Waals surface area contributed by atoms with Crippen LogP contribution in [0.15, 0.2) is 42.6 Å². The largest absolute Gasteiger partial charge is 0.320 e. The number of nitrogens with one attached hydrogen (secondary N) is 1. The van der Waals surface area contributed by atoms with Crippen LogP contribution in [0.3, 0.4) is 0 Å².